The van der Waals surface area contributed by atoms with Gasteiger partial charge < -0.3 is 38.4 Å². The molecule has 0 aliphatic carbocycles. The minimum absolute atomic E-state index is 0.0174. The zero-order valence-electron chi connectivity index (χ0n) is 40.5. The fraction of sp³-hybridized carbons (Fsp3) is 0.389. The molecule has 0 saturated heterocycles. The Balaban J connectivity index is 1.11. The summed E-state index contributed by atoms with van der Waals surface area (Å²) < 4.78 is 30.7. The van der Waals surface area contributed by atoms with Gasteiger partial charge in [0.1, 0.15) is 39.6 Å². The second-order valence-corrected chi connectivity index (χ2v) is 18.4. The number of hydrogen-bond donors (Lipinski definition) is 1. The third-order valence-corrected chi connectivity index (χ3v) is 12.5. The van der Waals surface area contributed by atoms with Gasteiger partial charge in [-0.05, 0) is 75.2 Å². The fourth-order valence-electron chi connectivity index (χ4n) is 9.50. The van der Waals surface area contributed by atoms with Gasteiger partial charge in [-0.25, -0.2) is 9.59 Å². The Morgan fingerprint density at radius 3 is 1.33 bits per heavy atom. The van der Waals surface area contributed by atoms with Gasteiger partial charge in [-0.2, -0.15) is 0 Å². The molecule has 5 aromatic rings. The lowest BCUT2D eigenvalue weighted by Gasteiger charge is -2.40. The first-order valence-electron chi connectivity index (χ1n) is 23.7. The standard InChI is InChI=1S/C54H56N2O16/c1-7-41(57)67-21-23-69-43(59)17-19-45(61)71-27-31(25-29(3)4)55-51(63)37-13-9-33-35-11-15-39-50-40(16-12-36(48(35)50)34-10-14-38(52(55)64)49(37)47(33)34)54(66)56(53(39)65)32(26-30(5)6)28-72-46(62)20-18-44(60)70-24-22-68-42(58)8-2/h7-16,29-32,51,63H,1-2,17-28H2,3-6H3. The van der Waals surface area contributed by atoms with Crippen LogP contribution in [0.1, 0.15) is 109 Å². The maximum absolute atomic E-state index is 14.6. The number of amides is 3. The summed E-state index contributed by atoms with van der Waals surface area (Å²) in [6.45, 7) is 13.0. The summed E-state index contributed by atoms with van der Waals surface area (Å²) in [5, 5.41) is 17.4. The van der Waals surface area contributed by atoms with Crippen LogP contribution in [-0.4, -0.2) is 120 Å². The number of esters is 6. The average Bonchev–Trinajstić information content (AvgIpc) is 3.35. The highest BCUT2D eigenvalue weighted by Gasteiger charge is 2.41. The highest BCUT2D eigenvalue weighted by Crippen LogP contribution is 2.48. The molecule has 2 heterocycles. The first-order valence-corrected chi connectivity index (χ1v) is 23.7. The van der Waals surface area contributed by atoms with Crippen LogP contribution in [0.2, 0.25) is 0 Å². The highest BCUT2D eigenvalue weighted by atomic mass is 16.6. The van der Waals surface area contributed by atoms with Gasteiger partial charge in [0.05, 0.1) is 37.8 Å². The van der Waals surface area contributed by atoms with E-state index in [1.807, 2.05) is 52.0 Å². The number of nitrogens with zero attached hydrogens (tertiary/aromatic N) is 2. The number of carbonyl (C=O) groups is 9. The van der Waals surface area contributed by atoms with Crippen LogP contribution in [0, 0.1) is 11.8 Å². The Kier molecular flexibility index (Phi) is 16.3. The molecule has 3 amide bonds. The molecular formula is C54H56N2O16. The molecule has 5 aromatic carbocycles. The molecule has 18 nitrogen and oxygen atoms in total. The van der Waals surface area contributed by atoms with Gasteiger partial charge in [-0.3, -0.25) is 38.5 Å². The molecule has 2 aliphatic rings. The average molecular weight is 989 g/mol. The van der Waals surface area contributed by atoms with E-state index in [4.69, 9.17) is 28.4 Å². The molecule has 3 atom stereocenters. The molecule has 1 N–H and O–H groups in total. The third kappa shape index (κ3) is 10.9. The van der Waals surface area contributed by atoms with E-state index in [1.165, 1.54) is 4.90 Å². The van der Waals surface area contributed by atoms with Crippen LogP contribution in [0.5, 0.6) is 0 Å². The number of imide groups is 1. The minimum Gasteiger partial charge on any atom is -0.463 e. The normalized spacial score (nSPS) is 15.0. The van der Waals surface area contributed by atoms with Crippen LogP contribution in [0.15, 0.2) is 73.8 Å². The van der Waals surface area contributed by atoms with Crippen molar-refractivity contribution in [1.82, 2.24) is 9.80 Å². The summed E-state index contributed by atoms with van der Waals surface area (Å²) in [7, 11) is 0. The topological polar surface area (TPSA) is 236 Å². The summed E-state index contributed by atoms with van der Waals surface area (Å²) >= 11 is 0. The largest absolute Gasteiger partial charge is 0.463 e. The van der Waals surface area contributed by atoms with E-state index in [9.17, 15) is 48.3 Å². The molecule has 7 rings (SSSR count). The highest BCUT2D eigenvalue weighted by molar-refractivity contribution is 6.39. The summed E-state index contributed by atoms with van der Waals surface area (Å²) in [4.78, 5) is 119. The van der Waals surface area contributed by atoms with Gasteiger partial charge >= 0.3 is 35.8 Å². The molecule has 72 heavy (non-hydrogen) atoms. The van der Waals surface area contributed by atoms with E-state index in [-0.39, 0.29) is 88.3 Å². The molecule has 2 aliphatic heterocycles. The van der Waals surface area contributed by atoms with Crippen LogP contribution < -0.4 is 0 Å². The maximum Gasteiger partial charge on any atom is 0.330 e. The van der Waals surface area contributed by atoms with E-state index in [1.54, 1.807) is 24.3 Å². The second-order valence-electron chi connectivity index (χ2n) is 18.4. The molecule has 378 valence electrons. The van der Waals surface area contributed by atoms with Crippen molar-refractivity contribution >= 4 is 96.6 Å². The fourth-order valence-corrected chi connectivity index (χ4v) is 9.50. The summed E-state index contributed by atoms with van der Waals surface area (Å²) in [5.74, 6) is -5.77. The van der Waals surface area contributed by atoms with Crippen molar-refractivity contribution in [2.45, 2.75) is 84.5 Å². The lowest BCUT2D eigenvalue weighted by atomic mass is 9.81. The Morgan fingerprint density at radius 2 is 0.889 bits per heavy atom. The van der Waals surface area contributed by atoms with Gasteiger partial charge in [-0.15, -0.1) is 0 Å². The third-order valence-electron chi connectivity index (χ3n) is 12.5. The van der Waals surface area contributed by atoms with Crippen molar-refractivity contribution in [3.63, 3.8) is 0 Å². The van der Waals surface area contributed by atoms with Crippen LogP contribution in [0.3, 0.4) is 0 Å². The summed E-state index contributed by atoms with van der Waals surface area (Å²) in [6.07, 6.45) is -0.00959. The smallest absolute Gasteiger partial charge is 0.330 e. The zero-order chi connectivity index (χ0) is 52.0. The Hall–Kier alpha value is -7.73. The number of rotatable bonds is 24. The Labute approximate surface area is 414 Å². The number of fused-ring (bicyclic) bond motifs is 2. The molecule has 0 bridgehead atoms. The molecule has 0 aromatic heterocycles. The van der Waals surface area contributed by atoms with E-state index >= 15 is 0 Å². The number of benzene rings is 5. The predicted molar refractivity (Wildman–Crippen MR) is 260 cm³/mol. The predicted octanol–water partition coefficient (Wildman–Crippen LogP) is 6.80. The van der Waals surface area contributed by atoms with Crippen LogP contribution >= 0.6 is 0 Å². The summed E-state index contributed by atoms with van der Waals surface area (Å²) in [6, 6.07) is 12.5. The summed E-state index contributed by atoms with van der Waals surface area (Å²) in [5.41, 5.74) is 1.35. The number of aliphatic hydroxyl groups is 1. The van der Waals surface area contributed by atoms with Gasteiger partial charge in [0.25, 0.3) is 17.7 Å². The van der Waals surface area contributed by atoms with Crippen molar-refractivity contribution in [2.75, 3.05) is 39.6 Å². The van der Waals surface area contributed by atoms with Crippen molar-refractivity contribution in [2.24, 2.45) is 11.8 Å². The zero-order valence-corrected chi connectivity index (χ0v) is 40.5. The van der Waals surface area contributed by atoms with E-state index in [2.05, 4.69) is 13.2 Å². The van der Waals surface area contributed by atoms with Gasteiger partial charge in [0.15, 0.2) is 6.23 Å². The first-order chi connectivity index (χ1) is 34.4. The van der Waals surface area contributed by atoms with Crippen molar-refractivity contribution in [3.8, 4) is 0 Å². The lowest BCUT2D eigenvalue weighted by molar-refractivity contribution is -0.153. The molecule has 3 unspecified atom stereocenters. The van der Waals surface area contributed by atoms with E-state index < -0.39 is 71.8 Å². The van der Waals surface area contributed by atoms with E-state index in [0.29, 0.717) is 56.3 Å². The molecule has 0 radical (unpaired) electrons. The van der Waals surface area contributed by atoms with Gasteiger partial charge in [0, 0.05) is 45.2 Å². The number of aliphatic hydroxyl groups excluding tert-OH is 1. The number of carbonyl (C=O) groups excluding carboxylic acids is 9. The van der Waals surface area contributed by atoms with Gasteiger partial charge in [-0.1, -0.05) is 71.2 Å². The maximum atomic E-state index is 14.6. The molecular weight excluding hydrogens is 933 g/mol. The Morgan fingerprint density at radius 1 is 0.514 bits per heavy atom. The van der Waals surface area contributed by atoms with Gasteiger partial charge in [0.2, 0.25) is 0 Å². The quantitative estimate of drug-likeness (QED) is 0.0127. The second kappa shape index (κ2) is 22.6. The first kappa shape index (κ1) is 52.1. The number of hydrogen-bond acceptors (Lipinski definition) is 16. The SMILES string of the molecule is C=CC(=O)OCCOC(=O)CCC(=O)OCC(CC(C)C)N1C(=O)c2ccc3c4ccc5c6c(ccc(c7ccc(c2c37)C1=O)c64)C(O)N(C(COC(=O)CCC(=O)OCCOC(=O)C=C)CC(C)C)C5=O. The van der Waals surface area contributed by atoms with Crippen molar-refractivity contribution in [3.05, 3.63) is 96.1 Å². The molecule has 0 spiro atoms. The van der Waals surface area contributed by atoms with E-state index in [0.717, 1.165) is 27.8 Å². The van der Waals surface area contributed by atoms with Crippen LogP contribution in [0.4, 0.5) is 0 Å². The molecule has 0 fully saturated rings. The van der Waals surface area contributed by atoms with Crippen molar-refractivity contribution < 1.29 is 76.7 Å². The van der Waals surface area contributed by atoms with Crippen LogP contribution in [0.25, 0.3) is 43.1 Å². The van der Waals surface area contributed by atoms with Crippen molar-refractivity contribution in [1.29, 1.82) is 0 Å². The Bertz CT molecular complexity index is 2940. The minimum atomic E-state index is -1.43. The monoisotopic (exact) mass is 988 g/mol. The molecule has 18 heteroatoms. The number of ether oxygens (including phenoxy) is 6. The molecule has 0 saturated carbocycles. The lowest BCUT2D eigenvalue weighted by Crippen LogP contribution is -2.49. The van der Waals surface area contributed by atoms with Crippen LogP contribution in [-0.2, 0) is 57.2 Å².